The molecule has 4 rings (SSSR count). The summed E-state index contributed by atoms with van der Waals surface area (Å²) in [4.78, 5) is 22.3. The number of aryl methyl sites for hydroxylation is 1. The molecule has 28 heavy (non-hydrogen) atoms. The van der Waals surface area contributed by atoms with Crippen LogP contribution in [0.15, 0.2) is 36.5 Å². The topological polar surface area (TPSA) is 97.3 Å². The number of hydrogen-bond donors (Lipinski definition) is 3. The van der Waals surface area contributed by atoms with E-state index in [0.29, 0.717) is 6.54 Å². The average Bonchev–Trinajstić information content (AvgIpc) is 3.28. The van der Waals surface area contributed by atoms with Crippen molar-refractivity contribution in [3.63, 3.8) is 0 Å². The molecule has 0 saturated carbocycles. The van der Waals surface area contributed by atoms with Gasteiger partial charge in [0.05, 0.1) is 6.54 Å². The van der Waals surface area contributed by atoms with E-state index in [1.165, 1.54) is 5.56 Å². The van der Waals surface area contributed by atoms with Crippen molar-refractivity contribution in [2.45, 2.75) is 13.3 Å². The Balaban J connectivity index is 1.68. The van der Waals surface area contributed by atoms with Crippen molar-refractivity contribution in [3.05, 3.63) is 47.8 Å². The number of rotatable bonds is 7. The van der Waals surface area contributed by atoms with Crippen molar-refractivity contribution in [3.8, 4) is 10.4 Å². The molecule has 0 aliphatic rings. The normalized spacial score (nSPS) is 11.4. The molecule has 4 aromatic rings. The Morgan fingerprint density at radius 1 is 1.32 bits per heavy atom. The molecule has 0 radical (unpaired) electrons. The van der Waals surface area contributed by atoms with Crippen molar-refractivity contribution in [2.24, 2.45) is 5.73 Å². The van der Waals surface area contributed by atoms with Crippen molar-refractivity contribution in [1.29, 1.82) is 0 Å². The summed E-state index contributed by atoms with van der Waals surface area (Å²) in [5.74, 6) is 0.438. The quantitative estimate of drug-likeness (QED) is 0.419. The largest absolute Gasteiger partial charge is 0.370 e. The molecule has 3 aromatic heterocycles. The first-order valence-electron chi connectivity index (χ1n) is 9.10. The van der Waals surface area contributed by atoms with E-state index in [0.717, 1.165) is 44.4 Å². The van der Waals surface area contributed by atoms with Gasteiger partial charge in [-0.1, -0.05) is 24.3 Å². The molecule has 7 nitrogen and oxygen atoms in total. The Hall–Kier alpha value is -2.97. The molecular weight excluding hydrogens is 372 g/mol. The molecule has 0 saturated heterocycles. The van der Waals surface area contributed by atoms with Gasteiger partial charge in [0.2, 0.25) is 5.91 Å². The van der Waals surface area contributed by atoms with Gasteiger partial charge in [0, 0.05) is 23.8 Å². The molecule has 0 aliphatic heterocycles. The van der Waals surface area contributed by atoms with Crippen molar-refractivity contribution in [2.75, 3.05) is 25.5 Å². The number of primary amides is 1. The molecule has 3 heterocycles. The summed E-state index contributed by atoms with van der Waals surface area (Å²) in [6.07, 6.45) is 2.70. The molecule has 4 N–H and O–H groups in total. The van der Waals surface area contributed by atoms with E-state index in [4.69, 9.17) is 10.7 Å². The minimum absolute atomic E-state index is 0.204. The number of benzene rings is 1. The Bertz CT molecular complexity index is 1160. The first kappa shape index (κ1) is 18.4. The maximum Gasteiger partial charge on any atom is 0.231 e. The SMILES string of the molecule is CNc1nc2cc(-c3cccc(CCNCC(N)=O)c3)sc2n2c(C)cnc12. The van der Waals surface area contributed by atoms with Crippen molar-refractivity contribution in [1.82, 2.24) is 19.7 Å². The number of carbonyl (C=O) groups excluding carboxylic acids is 1. The zero-order valence-electron chi connectivity index (χ0n) is 15.8. The highest BCUT2D eigenvalue weighted by Crippen LogP contribution is 2.35. The van der Waals surface area contributed by atoms with Gasteiger partial charge in [-0.05, 0) is 37.1 Å². The Morgan fingerprint density at radius 2 is 2.18 bits per heavy atom. The van der Waals surface area contributed by atoms with E-state index in [9.17, 15) is 4.79 Å². The van der Waals surface area contributed by atoms with E-state index in [2.05, 4.69) is 57.3 Å². The van der Waals surface area contributed by atoms with Crippen LogP contribution in [-0.2, 0) is 11.2 Å². The Kier molecular flexibility index (Phi) is 4.97. The fourth-order valence-corrected chi connectivity index (χ4v) is 4.43. The number of carbonyl (C=O) groups is 1. The molecule has 0 fully saturated rings. The number of amides is 1. The van der Waals surface area contributed by atoms with Gasteiger partial charge in [-0.2, -0.15) is 0 Å². The predicted molar refractivity (Wildman–Crippen MR) is 114 cm³/mol. The van der Waals surface area contributed by atoms with Gasteiger partial charge in [0.1, 0.15) is 10.3 Å². The van der Waals surface area contributed by atoms with E-state index >= 15 is 0 Å². The average molecular weight is 395 g/mol. The molecule has 1 amide bonds. The van der Waals surface area contributed by atoms with E-state index in [1.54, 1.807) is 11.3 Å². The molecule has 0 atom stereocenters. The van der Waals surface area contributed by atoms with E-state index < -0.39 is 0 Å². The van der Waals surface area contributed by atoms with Gasteiger partial charge in [0.25, 0.3) is 0 Å². The summed E-state index contributed by atoms with van der Waals surface area (Å²) in [6, 6.07) is 10.6. The standard InChI is InChI=1S/C20H22N6OS/c1-12-10-24-19-18(22-2)25-15-9-16(28-20(15)26(12)19)14-5-3-4-13(8-14)6-7-23-11-17(21)27/h3-5,8-10,23H,6-7,11H2,1-2H3,(H2,21,27)(H,22,25). The van der Waals surface area contributed by atoms with Gasteiger partial charge in [-0.3, -0.25) is 9.20 Å². The van der Waals surface area contributed by atoms with Gasteiger partial charge in [-0.15, -0.1) is 11.3 Å². The molecular formula is C20H22N6OS. The lowest BCUT2D eigenvalue weighted by Gasteiger charge is -2.05. The second-order valence-electron chi connectivity index (χ2n) is 6.66. The van der Waals surface area contributed by atoms with Crippen LogP contribution in [0.4, 0.5) is 5.82 Å². The summed E-state index contributed by atoms with van der Waals surface area (Å²) in [5.41, 5.74) is 10.4. The van der Waals surface area contributed by atoms with Crippen LogP contribution in [0.2, 0.25) is 0 Å². The second kappa shape index (κ2) is 7.57. The third kappa shape index (κ3) is 3.44. The molecule has 144 valence electrons. The van der Waals surface area contributed by atoms with Crippen LogP contribution < -0.4 is 16.4 Å². The number of hydrogen-bond acceptors (Lipinski definition) is 6. The number of nitrogens with one attached hydrogen (secondary N) is 2. The molecule has 8 heteroatoms. The first-order chi connectivity index (χ1) is 13.6. The number of thiophene rings is 1. The lowest BCUT2D eigenvalue weighted by molar-refractivity contribution is -0.117. The Morgan fingerprint density at radius 3 is 2.96 bits per heavy atom. The smallest absolute Gasteiger partial charge is 0.231 e. The molecule has 0 unspecified atom stereocenters. The van der Waals surface area contributed by atoms with Crippen LogP contribution in [-0.4, -0.2) is 40.4 Å². The van der Waals surface area contributed by atoms with E-state index in [1.807, 2.05) is 13.2 Å². The third-order valence-electron chi connectivity index (χ3n) is 4.62. The van der Waals surface area contributed by atoms with Crippen LogP contribution in [0, 0.1) is 6.92 Å². The summed E-state index contributed by atoms with van der Waals surface area (Å²) < 4.78 is 2.15. The molecule has 0 spiro atoms. The lowest BCUT2D eigenvalue weighted by Crippen LogP contribution is -2.29. The minimum Gasteiger partial charge on any atom is -0.370 e. The predicted octanol–water partition coefficient (Wildman–Crippen LogP) is 2.58. The summed E-state index contributed by atoms with van der Waals surface area (Å²) in [5, 5.41) is 6.19. The maximum atomic E-state index is 10.8. The summed E-state index contributed by atoms with van der Waals surface area (Å²) in [6.45, 7) is 2.97. The first-order valence-corrected chi connectivity index (χ1v) is 9.92. The van der Waals surface area contributed by atoms with Crippen molar-refractivity contribution < 1.29 is 4.79 Å². The summed E-state index contributed by atoms with van der Waals surface area (Å²) >= 11 is 1.71. The van der Waals surface area contributed by atoms with Crippen LogP contribution >= 0.6 is 11.3 Å². The summed E-state index contributed by atoms with van der Waals surface area (Å²) in [7, 11) is 1.86. The van der Waals surface area contributed by atoms with Crippen LogP contribution in [0.5, 0.6) is 0 Å². The number of anilines is 1. The van der Waals surface area contributed by atoms with Crippen LogP contribution in [0.3, 0.4) is 0 Å². The monoisotopic (exact) mass is 394 g/mol. The molecule has 0 bridgehead atoms. The van der Waals surface area contributed by atoms with Gasteiger partial charge in [0.15, 0.2) is 11.5 Å². The third-order valence-corrected chi connectivity index (χ3v) is 5.78. The number of imidazole rings is 1. The van der Waals surface area contributed by atoms with Gasteiger partial charge in [-0.25, -0.2) is 9.97 Å². The van der Waals surface area contributed by atoms with Crippen LogP contribution in [0.1, 0.15) is 11.3 Å². The van der Waals surface area contributed by atoms with E-state index in [-0.39, 0.29) is 12.5 Å². The van der Waals surface area contributed by atoms with Gasteiger partial charge >= 0.3 is 0 Å². The fourth-order valence-electron chi connectivity index (χ4n) is 3.28. The second-order valence-corrected chi connectivity index (χ2v) is 7.69. The number of fused-ring (bicyclic) bond motifs is 3. The number of nitrogens with two attached hydrogens (primary N) is 1. The Labute approximate surface area is 166 Å². The molecule has 1 aromatic carbocycles. The van der Waals surface area contributed by atoms with Crippen molar-refractivity contribution >= 4 is 39.1 Å². The minimum atomic E-state index is -0.339. The highest BCUT2D eigenvalue weighted by atomic mass is 32.1. The number of nitrogens with zero attached hydrogens (tertiary/aromatic N) is 3. The van der Waals surface area contributed by atoms with Crippen LogP contribution in [0.25, 0.3) is 26.4 Å². The lowest BCUT2D eigenvalue weighted by atomic mass is 10.1. The highest BCUT2D eigenvalue weighted by molar-refractivity contribution is 7.21. The fraction of sp³-hybridized carbons (Fsp3) is 0.250. The maximum absolute atomic E-state index is 10.8. The number of aromatic nitrogens is 3. The molecule has 0 aliphatic carbocycles. The highest BCUT2D eigenvalue weighted by Gasteiger charge is 2.14. The zero-order chi connectivity index (χ0) is 19.7. The van der Waals surface area contributed by atoms with Gasteiger partial charge < -0.3 is 16.4 Å². The zero-order valence-corrected chi connectivity index (χ0v) is 16.6.